The Morgan fingerprint density at radius 3 is 1.91 bits per heavy atom. The van der Waals surface area contributed by atoms with E-state index in [-0.39, 0.29) is 5.56 Å². The number of aliphatic hydroxyl groups is 1. The Morgan fingerprint density at radius 2 is 1.05 bits per heavy atom. The number of aliphatic hydroxyl groups excluding tert-OH is 1. The van der Waals surface area contributed by atoms with Crippen molar-refractivity contribution in [1.82, 2.24) is 18.1 Å². The first-order valence-electron chi connectivity index (χ1n) is 19.5. The van der Waals surface area contributed by atoms with E-state index >= 15 is 4.79 Å². The van der Waals surface area contributed by atoms with Crippen molar-refractivity contribution in [2.75, 3.05) is 0 Å². The average molecular weight is 731 g/mol. The van der Waals surface area contributed by atoms with E-state index in [2.05, 4.69) is 129 Å². The number of hydrogen-bond acceptors (Lipinski definition) is 2. The summed E-state index contributed by atoms with van der Waals surface area (Å²) < 4.78 is 9.23. The largest absolute Gasteiger partial charge is 0.384 e. The highest BCUT2D eigenvalue weighted by Gasteiger charge is 2.34. The predicted octanol–water partition coefficient (Wildman–Crippen LogP) is 10.9. The predicted molar refractivity (Wildman–Crippen MR) is 229 cm³/mol. The lowest BCUT2D eigenvalue weighted by Gasteiger charge is -2.32. The Morgan fingerprint density at radius 1 is 0.439 bits per heavy atom. The van der Waals surface area contributed by atoms with Crippen molar-refractivity contribution in [3.63, 3.8) is 0 Å². The molecule has 0 saturated carbocycles. The molecule has 0 saturated heterocycles. The minimum absolute atomic E-state index is 0.0329. The van der Waals surface area contributed by atoms with Crippen LogP contribution in [-0.2, 0) is 6.42 Å². The van der Waals surface area contributed by atoms with Gasteiger partial charge in [0.1, 0.15) is 6.10 Å². The maximum Gasteiger partial charge on any atom is 0.263 e. The third-order valence-corrected chi connectivity index (χ3v) is 13.0. The number of aromatic nitrogens is 4. The molecule has 2 aliphatic heterocycles. The molecule has 4 heterocycles. The van der Waals surface area contributed by atoms with Crippen molar-refractivity contribution in [3.8, 4) is 39.3 Å². The molecule has 266 valence electrons. The maximum absolute atomic E-state index is 15.0. The molecule has 1 unspecified atom stereocenters. The molecule has 8 aromatic carbocycles. The monoisotopic (exact) mass is 730 g/mol. The van der Waals surface area contributed by atoms with Gasteiger partial charge in [0.2, 0.25) is 0 Å². The highest BCUT2D eigenvalue weighted by Crippen LogP contribution is 2.50. The minimum atomic E-state index is -0.718. The molecule has 2 aromatic heterocycles. The number of rotatable bonds is 2. The molecule has 2 aliphatic carbocycles. The molecule has 0 fully saturated rings. The summed E-state index contributed by atoms with van der Waals surface area (Å²) in [5.74, 6) is 0. The summed E-state index contributed by atoms with van der Waals surface area (Å²) in [6.07, 6.45) is 0.170. The van der Waals surface area contributed by atoms with Gasteiger partial charge in [-0.25, -0.2) is 0 Å². The first kappa shape index (κ1) is 29.9. The molecule has 14 rings (SSSR count). The third-order valence-electron chi connectivity index (χ3n) is 13.0. The van der Waals surface area contributed by atoms with Crippen molar-refractivity contribution in [3.05, 3.63) is 190 Å². The van der Waals surface area contributed by atoms with Crippen LogP contribution < -0.4 is 5.56 Å². The van der Waals surface area contributed by atoms with Crippen LogP contribution in [0.3, 0.4) is 0 Å². The van der Waals surface area contributed by atoms with Gasteiger partial charge in [0, 0.05) is 21.9 Å². The fraction of sp³-hybridized carbons (Fsp3) is 0.0392. The second-order valence-electron chi connectivity index (χ2n) is 15.7. The van der Waals surface area contributed by atoms with Gasteiger partial charge in [0.25, 0.3) is 5.56 Å². The van der Waals surface area contributed by atoms with Crippen LogP contribution in [0.2, 0.25) is 0 Å². The van der Waals surface area contributed by atoms with Gasteiger partial charge < -0.3 is 14.2 Å². The van der Waals surface area contributed by atoms with Crippen LogP contribution in [0.1, 0.15) is 28.4 Å². The smallest absolute Gasteiger partial charge is 0.263 e. The van der Waals surface area contributed by atoms with E-state index in [1.165, 1.54) is 22.3 Å². The van der Waals surface area contributed by atoms with Gasteiger partial charge >= 0.3 is 0 Å². The van der Waals surface area contributed by atoms with Crippen LogP contribution in [-0.4, -0.2) is 23.2 Å². The van der Waals surface area contributed by atoms with Gasteiger partial charge in [-0.15, -0.1) is 0 Å². The zero-order valence-electron chi connectivity index (χ0n) is 30.4. The van der Waals surface area contributed by atoms with Gasteiger partial charge in [0.15, 0.2) is 0 Å². The Bertz CT molecular complexity index is 3780. The van der Waals surface area contributed by atoms with Gasteiger partial charge in [-0.3, -0.25) is 13.8 Å². The molecule has 6 nitrogen and oxygen atoms in total. The number of hydrogen-bond donors (Lipinski definition) is 1. The van der Waals surface area contributed by atoms with E-state index < -0.39 is 6.10 Å². The van der Waals surface area contributed by atoms with Gasteiger partial charge in [-0.05, 0) is 99.8 Å². The normalized spacial score (nSPS) is 14.6. The topological polar surface area (TPSA) is 56.5 Å². The molecular weight excluding hydrogens is 701 g/mol. The van der Waals surface area contributed by atoms with Crippen LogP contribution in [0, 0.1) is 0 Å². The van der Waals surface area contributed by atoms with E-state index in [9.17, 15) is 5.11 Å². The molecule has 4 aliphatic rings. The zero-order valence-corrected chi connectivity index (χ0v) is 30.4. The molecule has 0 radical (unpaired) electrons. The fourth-order valence-corrected chi connectivity index (χ4v) is 10.9. The fourth-order valence-electron chi connectivity index (χ4n) is 10.9. The van der Waals surface area contributed by atoms with Crippen LogP contribution in [0.15, 0.2) is 163 Å². The highest BCUT2D eigenvalue weighted by molar-refractivity contribution is 6.20. The average Bonchev–Trinajstić information content (AvgIpc) is 3.79. The molecule has 1 atom stereocenters. The van der Waals surface area contributed by atoms with Gasteiger partial charge in [0.05, 0.1) is 61.2 Å². The second kappa shape index (κ2) is 10.3. The third kappa shape index (κ3) is 3.46. The summed E-state index contributed by atoms with van der Waals surface area (Å²) in [5, 5.41) is 14.4. The summed E-state index contributed by atoms with van der Waals surface area (Å²) in [5.41, 5.74) is 19.9. The second-order valence-corrected chi connectivity index (χ2v) is 15.7. The number of fused-ring (bicyclic) bond motifs is 9. The van der Waals surface area contributed by atoms with Crippen LogP contribution >= 0.6 is 0 Å². The summed E-state index contributed by atoms with van der Waals surface area (Å²) in [4.78, 5) is 15.0. The van der Waals surface area contributed by atoms with E-state index in [0.717, 1.165) is 101 Å². The number of benzene rings is 8. The Labute approximate surface area is 324 Å². The summed E-state index contributed by atoms with van der Waals surface area (Å²) in [7, 11) is 0. The Kier molecular flexibility index (Phi) is 5.38. The Balaban J connectivity index is 1.27. The molecule has 0 bridgehead atoms. The SMILES string of the molecule is O=c1c2ccccc2c2ccc3c4c2n1c1cccc2c1-n4c1c(cccc1n3-c1cccc3c1-c1ccccc1C3)n2-c1cccc2c1-c1ccccc1C2O. The van der Waals surface area contributed by atoms with Gasteiger partial charge in [-0.1, -0.05) is 103 Å². The van der Waals surface area contributed by atoms with Crippen LogP contribution in [0.25, 0.3) is 99.6 Å². The number of pyridine rings is 1. The summed E-state index contributed by atoms with van der Waals surface area (Å²) in [6.45, 7) is 0. The van der Waals surface area contributed by atoms with Crippen LogP contribution in [0.4, 0.5) is 0 Å². The van der Waals surface area contributed by atoms with Crippen molar-refractivity contribution in [2.24, 2.45) is 0 Å². The molecule has 0 spiro atoms. The molecule has 57 heavy (non-hydrogen) atoms. The van der Waals surface area contributed by atoms with Crippen molar-refractivity contribution >= 4 is 60.3 Å². The lowest BCUT2D eigenvalue weighted by atomic mass is 9.99. The quantitative estimate of drug-likeness (QED) is 0.142. The van der Waals surface area contributed by atoms with Gasteiger partial charge in [-0.2, -0.15) is 0 Å². The molecule has 1 N–H and O–H groups in total. The van der Waals surface area contributed by atoms with E-state index in [4.69, 9.17) is 0 Å². The van der Waals surface area contributed by atoms with E-state index in [1.54, 1.807) is 0 Å². The lowest BCUT2D eigenvalue weighted by Crippen LogP contribution is -2.23. The first-order valence-corrected chi connectivity index (χ1v) is 19.5. The van der Waals surface area contributed by atoms with E-state index in [0.29, 0.717) is 5.39 Å². The standard InChI is InChI=1S/C51H30N4O2/c56-50-34-16-5-4-15-32(34)45-36(50)18-8-20-38(45)53-40-22-9-21-39-47(40)55-48-41(53)23-10-24-42(48)54-46-33(31-14-3-6-17-35(31)51(54)57)25-26-43(49(46)55)52(39)37-19-7-12-29-27-28-11-1-2-13-30(28)44(29)37/h1-26,50,56H,27H2. The summed E-state index contributed by atoms with van der Waals surface area (Å²) >= 11 is 0. The zero-order chi connectivity index (χ0) is 37.3. The van der Waals surface area contributed by atoms with Crippen molar-refractivity contribution in [1.29, 1.82) is 0 Å². The van der Waals surface area contributed by atoms with E-state index in [1.807, 2.05) is 46.9 Å². The molecular formula is C51H30N4O2. The first-order chi connectivity index (χ1) is 28.2. The van der Waals surface area contributed by atoms with Crippen LogP contribution in [0.5, 0.6) is 0 Å². The molecule has 0 amide bonds. The highest BCUT2D eigenvalue weighted by atomic mass is 16.3. The van der Waals surface area contributed by atoms with Crippen molar-refractivity contribution < 1.29 is 5.11 Å². The lowest BCUT2D eigenvalue weighted by molar-refractivity contribution is 0.225. The minimum Gasteiger partial charge on any atom is -0.384 e. The molecule has 10 aromatic rings. The number of para-hydroxylation sites is 2. The maximum atomic E-state index is 15.0. The number of nitrogens with zero attached hydrogens (tertiary/aromatic N) is 4. The Hall–Kier alpha value is -7.41. The summed E-state index contributed by atoms with van der Waals surface area (Å²) in [6, 6.07) is 55.4. The molecule has 6 heteroatoms. The van der Waals surface area contributed by atoms with Crippen molar-refractivity contribution in [2.45, 2.75) is 12.5 Å².